The number of ether oxygens (including phenoxy) is 3. The van der Waals surface area contributed by atoms with Crippen LogP contribution in [0.4, 0.5) is 0 Å². The second kappa shape index (κ2) is 8.14. The van der Waals surface area contributed by atoms with E-state index in [1.165, 1.54) is 20.8 Å². The molecule has 9 unspecified atom stereocenters. The summed E-state index contributed by atoms with van der Waals surface area (Å²) >= 11 is 0. The predicted molar refractivity (Wildman–Crippen MR) is 114 cm³/mol. The van der Waals surface area contributed by atoms with Crippen molar-refractivity contribution >= 4 is 23.7 Å². The molecule has 4 saturated carbocycles. The number of hydrogen-bond donors (Lipinski definition) is 0. The van der Waals surface area contributed by atoms with Gasteiger partial charge >= 0.3 is 17.9 Å². The zero-order valence-corrected chi connectivity index (χ0v) is 19.8. The molecule has 4 aliphatic carbocycles. The third-order valence-electron chi connectivity index (χ3n) is 9.29. The third kappa shape index (κ3) is 3.75. The summed E-state index contributed by atoms with van der Waals surface area (Å²) in [5, 5.41) is 0. The first-order chi connectivity index (χ1) is 15.0. The van der Waals surface area contributed by atoms with Gasteiger partial charge < -0.3 is 14.2 Å². The first-order valence-corrected chi connectivity index (χ1v) is 12.0. The molecule has 0 amide bonds. The van der Waals surface area contributed by atoms with E-state index in [0.29, 0.717) is 31.1 Å². The van der Waals surface area contributed by atoms with Crippen LogP contribution in [0.5, 0.6) is 0 Å². The van der Waals surface area contributed by atoms with Crippen molar-refractivity contribution in [1.82, 2.24) is 0 Å². The Bertz CT molecular complexity index is 821. The van der Waals surface area contributed by atoms with E-state index < -0.39 is 24.1 Å². The van der Waals surface area contributed by atoms with Gasteiger partial charge in [0.25, 0.3) is 0 Å². The Hall–Kier alpha value is -1.92. The molecule has 0 radical (unpaired) electrons. The smallest absolute Gasteiger partial charge is 0.303 e. The third-order valence-corrected chi connectivity index (χ3v) is 9.29. The number of ketones is 1. The minimum Gasteiger partial charge on any atom is -0.462 e. The minimum atomic E-state index is -0.580. The normalized spacial score (nSPS) is 45.2. The zero-order valence-electron chi connectivity index (χ0n) is 19.8. The van der Waals surface area contributed by atoms with Crippen LogP contribution in [0.2, 0.25) is 0 Å². The van der Waals surface area contributed by atoms with Crippen LogP contribution in [0.1, 0.15) is 79.6 Å². The molecule has 4 fully saturated rings. The van der Waals surface area contributed by atoms with Crippen molar-refractivity contribution in [2.75, 3.05) is 0 Å². The highest BCUT2D eigenvalue weighted by Crippen LogP contribution is 2.66. The van der Waals surface area contributed by atoms with E-state index in [4.69, 9.17) is 14.2 Å². The lowest BCUT2D eigenvalue weighted by Crippen LogP contribution is -2.60. The van der Waals surface area contributed by atoms with Crippen molar-refractivity contribution < 1.29 is 33.4 Å². The standard InChI is InChI=1S/C25H36O7/c1-13(26)30-21-11-19-20(29)10-16-17-6-7-23(32-15(3)28)24(17,4)9-8-18(16)25(19,5)12-22(21)31-14(2)27/h16-19,21-23H,6-12H2,1-5H3. The molecule has 4 rings (SSSR count). The summed E-state index contributed by atoms with van der Waals surface area (Å²) in [6, 6.07) is 0. The average molecular weight is 449 g/mol. The average Bonchev–Trinajstić information content (AvgIpc) is 2.98. The highest BCUT2D eigenvalue weighted by atomic mass is 16.6. The number of Topliss-reactive ketones (excluding diaryl/α,β-unsaturated/α-hetero) is 1. The van der Waals surface area contributed by atoms with Crippen LogP contribution in [-0.2, 0) is 33.4 Å². The molecule has 4 aliphatic rings. The van der Waals surface area contributed by atoms with Crippen molar-refractivity contribution in [3.63, 3.8) is 0 Å². The van der Waals surface area contributed by atoms with E-state index in [1.54, 1.807) is 0 Å². The summed E-state index contributed by atoms with van der Waals surface area (Å²) in [4.78, 5) is 48.6. The van der Waals surface area contributed by atoms with Crippen LogP contribution in [0.25, 0.3) is 0 Å². The molecule has 0 saturated heterocycles. The summed E-state index contributed by atoms with van der Waals surface area (Å²) < 4.78 is 16.8. The summed E-state index contributed by atoms with van der Waals surface area (Å²) in [6.45, 7) is 8.59. The molecule has 0 spiro atoms. The summed E-state index contributed by atoms with van der Waals surface area (Å²) in [7, 11) is 0. The van der Waals surface area contributed by atoms with Gasteiger partial charge in [0.1, 0.15) is 24.1 Å². The lowest BCUT2D eigenvalue weighted by atomic mass is 9.44. The zero-order chi connectivity index (χ0) is 23.4. The Morgan fingerprint density at radius 1 is 0.812 bits per heavy atom. The van der Waals surface area contributed by atoms with Gasteiger partial charge in [-0.15, -0.1) is 0 Å². The second-order valence-electron chi connectivity index (χ2n) is 11.1. The van der Waals surface area contributed by atoms with Gasteiger partial charge in [0.05, 0.1) is 0 Å². The topological polar surface area (TPSA) is 96.0 Å². The fourth-order valence-electron chi connectivity index (χ4n) is 8.05. The molecule has 0 N–H and O–H groups in total. The summed E-state index contributed by atoms with van der Waals surface area (Å²) in [5.41, 5.74) is -0.405. The monoisotopic (exact) mass is 448 g/mol. The first-order valence-electron chi connectivity index (χ1n) is 12.0. The number of rotatable bonds is 3. The molecule has 0 heterocycles. The predicted octanol–water partition coefficient (Wildman–Crippen LogP) is 3.61. The van der Waals surface area contributed by atoms with E-state index in [2.05, 4.69) is 13.8 Å². The molecule has 0 aromatic rings. The van der Waals surface area contributed by atoms with Gasteiger partial charge in [0, 0.05) is 38.5 Å². The number of hydrogen-bond acceptors (Lipinski definition) is 7. The highest BCUT2D eigenvalue weighted by molar-refractivity contribution is 5.83. The van der Waals surface area contributed by atoms with Gasteiger partial charge in [0.2, 0.25) is 0 Å². The van der Waals surface area contributed by atoms with Gasteiger partial charge in [-0.25, -0.2) is 0 Å². The van der Waals surface area contributed by atoms with E-state index in [-0.39, 0.29) is 40.5 Å². The SMILES string of the molecule is CC(=O)OC1CC2C(=O)CC3C4CCC(OC(C)=O)C4(C)CCC3C2(C)CC1OC(C)=O. The van der Waals surface area contributed by atoms with Crippen molar-refractivity contribution in [1.29, 1.82) is 0 Å². The maximum absolute atomic E-state index is 13.5. The highest BCUT2D eigenvalue weighted by Gasteiger charge is 2.64. The molecule has 7 nitrogen and oxygen atoms in total. The maximum Gasteiger partial charge on any atom is 0.303 e. The van der Waals surface area contributed by atoms with Gasteiger partial charge in [0.15, 0.2) is 0 Å². The quantitative estimate of drug-likeness (QED) is 0.481. The summed E-state index contributed by atoms with van der Waals surface area (Å²) in [5.74, 6) is -0.120. The lowest BCUT2D eigenvalue weighted by Gasteiger charge is -2.60. The molecule has 0 bridgehead atoms. The summed E-state index contributed by atoms with van der Waals surface area (Å²) in [6.07, 6.45) is 4.00. The van der Waals surface area contributed by atoms with E-state index in [1.807, 2.05) is 0 Å². The van der Waals surface area contributed by atoms with Crippen molar-refractivity contribution in [3.8, 4) is 0 Å². The van der Waals surface area contributed by atoms with Gasteiger partial charge in [-0.2, -0.15) is 0 Å². The Balaban J connectivity index is 1.62. The molecular formula is C25H36O7. The molecule has 32 heavy (non-hydrogen) atoms. The van der Waals surface area contributed by atoms with Crippen molar-refractivity contribution in [2.45, 2.75) is 97.9 Å². The molecule has 0 aromatic heterocycles. The fraction of sp³-hybridized carbons (Fsp3) is 0.840. The van der Waals surface area contributed by atoms with Crippen LogP contribution in [0.15, 0.2) is 0 Å². The Morgan fingerprint density at radius 2 is 1.41 bits per heavy atom. The van der Waals surface area contributed by atoms with Crippen molar-refractivity contribution in [3.05, 3.63) is 0 Å². The van der Waals surface area contributed by atoms with Gasteiger partial charge in [-0.05, 0) is 61.7 Å². The molecule has 0 aromatic carbocycles. The van der Waals surface area contributed by atoms with Crippen LogP contribution in [-0.4, -0.2) is 42.0 Å². The Kier molecular flexibility index (Phi) is 5.91. The number of fused-ring (bicyclic) bond motifs is 5. The van der Waals surface area contributed by atoms with Crippen LogP contribution < -0.4 is 0 Å². The fourth-order valence-corrected chi connectivity index (χ4v) is 8.05. The van der Waals surface area contributed by atoms with Gasteiger partial charge in [-0.1, -0.05) is 13.8 Å². The molecule has 178 valence electrons. The van der Waals surface area contributed by atoms with Crippen molar-refractivity contribution in [2.24, 2.45) is 34.5 Å². The van der Waals surface area contributed by atoms with Crippen LogP contribution in [0.3, 0.4) is 0 Å². The largest absolute Gasteiger partial charge is 0.462 e. The number of carbonyl (C=O) groups is 4. The minimum absolute atomic E-state index is 0.0833. The van der Waals surface area contributed by atoms with E-state index in [9.17, 15) is 19.2 Å². The van der Waals surface area contributed by atoms with Crippen LogP contribution in [0, 0.1) is 34.5 Å². The van der Waals surface area contributed by atoms with Gasteiger partial charge in [-0.3, -0.25) is 19.2 Å². The van der Waals surface area contributed by atoms with E-state index in [0.717, 1.165) is 25.7 Å². The van der Waals surface area contributed by atoms with E-state index >= 15 is 0 Å². The number of esters is 3. The molecular weight excluding hydrogens is 412 g/mol. The van der Waals surface area contributed by atoms with Crippen LogP contribution >= 0.6 is 0 Å². The first kappa shape index (κ1) is 23.2. The Morgan fingerprint density at radius 3 is 2.03 bits per heavy atom. The Labute approximate surface area is 189 Å². The number of carbonyl (C=O) groups excluding carboxylic acids is 4. The molecule has 7 heteroatoms. The molecule has 0 aliphatic heterocycles. The lowest BCUT2D eigenvalue weighted by molar-refractivity contribution is -0.197. The molecule has 9 atom stereocenters. The second-order valence-corrected chi connectivity index (χ2v) is 11.1. The maximum atomic E-state index is 13.5.